The molecule has 0 aromatic heterocycles. The summed E-state index contributed by atoms with van der Waals surface area (Å²) in [5.74, 6) is -0.103. The molecular weight excluding hydrogens is 352 g/mol. The zero-order chi connectivity index (χ0) is 19.9. The van der Waals surface area contributed by atoms with Crippen LogP contribution in [0, 0.1) is 5.92 Å². The van der Waals surface area contributed by atoms with Crippen molar-refractivity contribution in [3.63, 3.8) is 0 Å². The molecule has 1 aromatic rings. The molecule has 26 heavy (non-hydrogen) atoms. The zero-order valence-electron chi connectivity index (χ0n) is 16.1. The Morgan fingerprint density at radius 2 is 1.81 bits per heavy atom. The lowest BCUT2D eigenvalue weighted by Gasteiger charge is -2.33. The lowest BCUT2D eigenvalue weighted by atomic mass is 9.88. The number of likely N-dealkylation sites (N-methyl/N-ethyl adjacent to an activating group) is 1. The molecule has 0 aliphatic rings. The third-order valence-corrected chi connectivity index (χ3v) is 4.70. The van der Waals surface area contributed by atoms with Gasteiger partial charge in [-0.3, -0.25) is 9.59 Å². The Hall–Kier alpha value is -1.73. The van der Waals surface area contributed by atoms with Gasteiger partial charge in [-0.2, -0.15) is 12.6 Å². The quantitative estimate of drug-likeness (QED) is 0.488. The van der Waals surface area contributed by atoms with E-state index in [-0.39, 0.29) is 18.2 Å². The summed E-state index contributed by atoms with van der Waals surface area (Å²) in [5, 5.41) is 15.5. The fourth-order valence-electron chi connectivity index (χ4n) is 2.74. The number of hydrogen-bond donors (Lipinski definition) is 4. The molecule has 0 fully saturated rings. The van der Waals surface area contributed by atoms with Gasteiger partial charge >= 0.3 is 0 Å². The smallest absolute Gasteiger partial charge is 0.253 e. The number of nitrogens with one attached hydrogen (secondary N) is 2. The molecule has 0 unspecified atom stereocenters. The van der Waals surface area contributed by atoms with Crippen molar-refractivity contribution in [3.05, 3.63) is 29.8 Å². The summed E-state index contributed by atoms with van der Waals surface area (Å²) in [6.07, 6.45) is 0.556. The number of rotatable bonds is 9. The molecule has 0 bridgehead atoms. The molecule has 3 atom stereocenters. The average Bonchev–Trinajstić information content (AvgIpc) is 2.60. The molecule has 6 nitrogen and oxygen atoms in total. The summed E-state index contributed by atoms with van der Waals surface area (Å²) in [5.41, 5.74) is -0.783. The highest BCUT2D eigenvalue weighted by atomic mass is 32.1. The Bertz CT molecular complexity index is 604. The highest BCUT2D eigenvalue weighted by Gasteiger charge is 2.41. The van der Waals surface area contributed by atoms with Crippen molar-refractivity contribution >= 4 is 24.4 Å². The van der Waals surface area contributed by atoms with Gasteiger partial charge < -0.3 is 20.5 Å². The number of carbonyl (C=O) groups excluding carboxylic acids is 2. The van der Waals surface area contributed by atoms with Gasteiger partial charge in [0.15, 0.2) is 5.60 Å². The van der Waals surface area contributed by atoms with Crippen molar-refractivity contribution in [3.8, 4) is 5.75 Å². The predicted octanol–water partition coefficient (Wildman–Crippen LogP) is 1.56. The van der Waals surface area contributed by atoms with E-state index in [1.807, 2.05) is 26.0 Å². The van der Waals surface area contributed by atoms with Crippen LogP contribution >= 0.6 is 12.6 Å². The maximum atomic E-state index is 12.8. The van der Waals surface area contributed by atoms with E-state index in [1.54, 1.807) is 26.2 Å². The molecule has 0 spiro atoms. The van der Waals surface area contributed by atoms with E-state index in [0.717, 1.165) is 5.56 Å². The fourth-order valence-corrected chi connectivity index (χ4v) is 2.96. The van der Waals surface area contributed by atoms with Gasteiger partial charge in [-0.15, -0.1) is 0 Å². The van der Waals surface area contributed by atoms with Crippen LogP contribution in [0.1, 0.15) is 32.8 Å². The van der Waals surface area contributed by atoms with Gasteiger partial charge in [0, 0.05) is 18.7 Å². The number of benzene rings is 1. The highest BCUT2D eigenvalue weighted by Crippen LogP contribution is 2.25. The number of ether oxygens (including phenoxy) is 1. The van der Waals surface area contributed by atoms with Crippen LogP contribution in [0.3, 0.4) is 0 Å². The van der Waals surface area contributed by atoms with E-state index in [1.165, 1.54) is 7.05 Å². The summed E-state index contributed by atoms with van der Waals surface area (Å²) in [6, 6.07) is 6.46. The lowest BCUT2D eigenvalue weighted by molar-refractivity contribution is -0.143. The second kappa shape index (κ2) is 9.83. The van der Waals surface area contributed by atoms with Gasteiger partial charge in [-0.05, 0) is 30.0 Å². The fraction of sp³-hybridized carbons (Fsp3) is 0.579. The minimum absolute atomic E-state index is 0.0976. The van der Waals surface area contributed by atoms with Gasteiger partial charge in [-0.1, -0.05) is 32.9 Å². The molecule has 0 saturated heterocycles. The minimum Gasteiger partial charge on any atom is -0.497 e. The van der Waals surface area contributed by atoms with Crippen LogP contribution in [0.15, 0.2) is 24.3 Å². The molecule has 0 heterocycles. The second-order valence-electron chi connectivity index (χ2n) is 6.89. The van der Waals surface area contributed by atoms with Crippen LogP contribution in [-0.2, 0) is 16.0 Å². The third kappa shape index (κ3) is 5.92. The Morgan fingerprint density at radius 3 is 2.23 bits per heavy atom. The zero-order valence-corrected chi connectivity index (χ0v) is 17.0. The molecular formula is C19H30N2O4S. The number of aliphatic hydroxyl groups is 1. The van der Waals surface area contributed by atoms with Crippen molar-refractivity contribution < 1.29 is 19.4 Å². The first-order valence-electron chi connectivity index (χ1n) is 8.70. The van der Waals surface area contributed by atoms with Gasteiger partial charge in [0.25, 0.3) is 5.91 Å². The number of thiol groups is 1. The van der Waals surface area contributed by atoms with E-state index >= 15 is 0 Å². The van der Waals surface area contributed by atoms with Crippen LogP contribution in [0.5, 0.6) is 5.75 Å². The molecule has 146 valence electrons. The van der Waals surface area contributed by atoms with Crippen molar-refractivity contribution in [1.29, 1.82) is 0 Å². The predicted molar refractivity (Wildman–Crippen MR) is 106 cm³/mol. The van der Waals surface area contributed by atoms with Crippen LogP contribution < -0.4 is 15.4 Å². The maximum Gasteiger partial charge on any atom is 0.253 e. The van der Waals surface area contributed by atoms with E-state index in [9.17, 15) is 14.7 Å². The molecule has 0 aliphatic carbocycles. The number of carbonyl (C=O) groups is 2. The largest absolute Gasteiger partial charge is 0.497 e. The van der Waals surface area contributed by atoms with Crippen LogP contribution in [-0.4, -0.2) is 48.0 Å². The van der Waals surface area contributed by atoms with Crippen LogP contribution in [0.4, 0.5) is 0 Å². The molecule has 0 saturated carbocycles. The summed E-state index contributed by atoms with van der Waals surface area (Å²) in [6.45, 7) is 5.51. The standard InChI is InChI=1S/C19H30N2O4S/c1-12(2)11-19(24,13(3)26)18(23)21-16(17(22)20-4)10-14-6-8-15(25-5)9-7-14/h6-9,12-13,16,24,26H,10-11H2,1-5H3,(H,20,22)(H,21,23)/t13-,16-,19-/m0/s1. The van der Waals surface area contributed by atoms with Crippen molar-refractivity contribution in [2.75, 3.05) is 14.2 Å². The highest BCUT2D eigenvalue weighted by molar-refractivity contribution is 7.81. The van der Waals surface area contributed by atoms with Gasteiger partial charge in [0.1, 0.15) is 11.8 Å². The Balaban J connectivity index is 2.98. The Labute approximate surface area is 161 Å². The third-order valence-electron chi connectivity index (χ3n) is 4.27. The molecule has 0 aliphatic heterocycles. The van der Waals surface area contributed by atoms with Crippen molar-refractivity contribution in [2.45, 2.75) is 50.5 Å². The molecule has 0 radical (unpaired) electrons. The molecule has 7 heteroatoms. The number of methoxy groups -OCH3 is 1. The molecule has 3 N–H and O–H groups in total. The summed E-state index contributed by atoms with van der Waals surface area (Å²) >= 11 is 4.29. The van der Waals surface area contributed by atoms with Gasteiger partial charge in [-0.25, -0.2) is 0 Å². The summed E-state index contributed by atoms with van der Waals surface area (Å²) in [4.78, 5) is 25.0. The van der Waals surface area contributed by atoms with E-state index in [0.29, 0.717) is 12.2 Å². The second-order valence-corrected chi connectivity index (χ2v) is 7.67. The van der Waals surface area contributed by atoms with E-state index < -0.39 is 22.8 Å². The van der Waals surface area contributed by atoms with Gasteiger partial charge in [0.05, 0.1) is 7.11 Å². The SMILES string of the molecule is CNC(=O)[C@H](Cc1ccc(OC)cc1)NC(=O)[C@](O)(CC(C)C)[C@H](C)S. The summed E-state index contributed by atoms with van der Waals surface area (Å²) in [7, 11) is 3.09. The maximum absolute atomic E-state index is 12.8. The van der Waals surface area contributed by atoms with E-state index in [4.69, 9.17) is 4.74 Å². The Kier molecular flexibility index (Phi) is 8.43. The average molecular weight is 383 g/mol. The van der Waals surface area contributed by atoms with Gasteiger partial charge in [0.2, 0.25) is 5.91 Å². The molecule has 2 amide bonds. The van der Waals surface area contributed by atoms with Crippen molar-refractivity contribution in [2.24, 2.45) is 5.92 Å². The Morgan fingerprint density at radius 1 is 1.23 bits per heavy atom. The number of amides is 2. The normalized spacial score (nSPS) is 15.7. The van der Waals surface area contributed by atoms with E-state index in [2.05, 4.69) is 23.3 Å². The molecule has 1 aromatic carbocycles. The number of hydrogen-bond acceptors (Lipinski definition) is 5. The molecule has 1 rings (SSSR count). The topological polar surface area (TPSA) is 87.7 Å². The summed E-state index contributed by atoms with van der Waals surface area (Å²) < 4.78 is 5.12. The van der Waals surface area contributed by atoms with Crippen molar-refractivity contribution in [1.82, 2.24) is 10.6 Å². The first kappa shape index (κ1) is 22.3. The van der Waals surface area contributed by atoms with Crippen LogP contribution in [0.25, 0.3) is 0 Å². The first-order chi connectivity index (χ1) is 12.1. The van der Waals surface area contributed by atoms with Crippen LogP contribution in [0.2, 0.25) is 0 Å². The monoisotopic (exact) mass is 382 g/mol. The lowest BCUT2D eigenvalue weighted by Crippen LogP contribution is -2.58. The first-order valence-corrected chi connectivity index (χ1v) is 9.21. The minimum atomic E-state index is -1.65.